The first-order valence-electron chi connectivity index (χ1n) is 7.49. The number of ether oxygens (including phenoxy) is 1. The van der Waals surface area contributed by atoms with Crippen LogP contribution >= 0.6 is 27.3 Å². The normalized spacial score (nSPS) is 19.4. The summed E-state index contributed by atoms with van der Waals surface area (Å²) in [6.45, 7) is 3.05. The number of fused-ring (bicyclic) bond motifs is 1. The van der Waals surface area contributed by atoms with Crippen molar-refractivity contribution >= 4 is 27.3 Å². The van der Waals surface area contributed by atoms with Crippen LogP contribution in [0.15, 0.2) is 40.2 Å². The summed E-state index contributed by atoms with van der Waals surface area (Å²) in [6, 6.07) is 11.5. The summed E-state index contributed by atoms with van der Waals surface area (Å²) in [5.41, 5.74) is 1.28. The lowest BCUT2D eigenvalue weighted by molar-refractivity contribution is 0.314. The van der Waals surface area contributed by atoms with E-state index in [0.717, 1.165) is 36.1 Å². The van der Waals surface area contributed by atoms with Gasteiger partial charge in [0.15, 0.2) is 0 Å². The predicted molar refractivity (Wildman–Crippen MR) is 92.1 cm³/mol. The largest absolute Gasteiger partial charge is 0.493 e. The van der Waals surface area contributed by atoms with Gasteiger partial charge in [-0.25, -0.2) is 0 Å². The summed E-state index contributed by atoms with van der Waals surface area (Å²) in [7, 11) is 0. The van der Waals surface area contributed by atoms with E-state index in [1.165, 1.54) is 10.4 Å². The minimum absolute atomic E-state index is 0.364. The molecule has 0 saturated carbocycles. The third kappa shape index (κ3) is 3.50. The number of halogens is 1. The molecule has 0 spiro atoms. The average Bonchev–Trinajstić information content (AvgIpc) is 2.94. The van der Waals surface area contributed by atoms with Gasteiger partial charge in [0.05, 0.1) is 6.61 Å². The smallest absolute Gasteiger partial charge is 0.125 e. The van der Waals surface area contributed by atoms with Crippen molar-refractivity contribution in [2.75, 3.05) is 6.61 Å². The second-order valence-corrected chi connectivity index (χ2v) is 7.26. The van der Waals surface area contributed by atoms with Crippen LogP contribution in [0.3, 0.4) is 0 Å². The zero-order valence-electron chi connectivity index (χ0n) is 12.1. The first-order valence-corrected chi connectivity index (χ1v) is 9.17. The van der Waals surface area contributed by atoms with Crippen LogP contribution in [0.4, 0.5) is 0 Å². The van der Waals surface area contributed by atoms with Crippen molar-refractivity contribution in [2.45, 2.75) is 38.3 Å². The van der Waals surface area contributed by atoms with E-state index in [9.17, 15) is 0 Å². The molecular formula is C17H20BrNOS. The van der Waals surface area contributed by atoms with Gasteiger partial charge in [-0.15, -0.1) is 11.3 Å². The molecule has 1 N–H and O–H groups in total. The molecule has 0 fully saturated rings. The summed E-state index contributed by atoms with van der Waals surface area (Å²) in [6.07, 6.45) is 3.31. The molecule has 3 rings (SSSR count). The monoisotopic (exact) mass is 365 g/mol. The van der Waals surface area contributed by atoms with Crippen molar-refractivity contribution < 1.29 is 4.74 Å². The molecule has 1 aliphatic rings. The Morgan fingerprint density at radius 3 is 3.10 bits per heavy atom. The fourth-order valence-electron chi connectivity index (χ4n) is 2.85. The minimum Gasteiger partial charge on any atom is -0.493 e. The van der Waals surface area contributed by atoms with Crippen molar-refractivity contribution in [3.8, 4) is 5.75 Å². The maximum Gasteiger partial charge on any atom is 0.125 e. The number of thiophene rings is 1. The summed E-state index contributed by atoms with van der Waals surface area (Å²) in [5, 5.41) is 5.99. The van der Waals surface area contributed by atoms with Crippen molar-refractivity contribution in [3.05, 3.63) is 50.6 Å². The van der Waals surface area contributed by atoms with Gasteiger partial charge in [0.2, 0.25) is 0 Å². The Kier molecular flexibility index (Phi) is 4.99. The topological polar surface area (TPSA) is 21.3 Å². The van der Waals surface area contributed by atoms with Gasteiger partial charge >= 0.3 is 0 Å². The Balaban J connectivity index is 1.85. The SMILES string of the molecule is CCC(NC1CCCOc2cc(Br)ccc21)c1cccs1. The van der Waals surface area contributed by atoms with Crippen LogP contribution in [-0.2, 0) is 0 Å². The molecule has 4 heteroatoms. The molecule has 1 aromatic heterocycles. The molecule has 2 nitrogen and oxygen atoms in total. The lowest BCUT2D eigenvalue weighted by atomic mass is 10.00. The van der Waals surface area contributed by atoms with Crippen LogP contribution in [0, 0.1) is 0 Å². The Hall–Kier alpha value is -0.840. The summed E-state index contributed by atoms with van der Waals surface area (Å²) < 4.78 is 6.97. The lowest BCUT2D eigenvalue weighted by Crippen LogP contribution is -2.25. The van der Waals surface area contributed by atoms with E-state index in [-0.39, 0.29) is 0 Å². The van der Waals surface area contributed by atoms with Gasteiger partial charge in [0.25, 0.3) is 0 Å². The Bertz CT molecular complexity index is 584. The molecule has 2 unspecified atom stereocenters. The minimum atomic E-state index is 0.364. The van der Waals surface area contributed by atoms with Gasteiger partial charge in [-0.3, -0.25) is 0 Å². The average molecular weight is 366 g/mol. The molecule has 2 aromatic rings. The molecule has 0 radical (unpaired) electrons. The molecule has 1 aromatic carbocycles. The molecule has 0 amide bonds. The molecule has 21 heavy (non-hydrogen) atoms. The van der Waals surface area contributed by atoms with Gasteiger partial charge in [-0.2, -0.15) is 0 Å². The third-order valence-electron chi connectivity index (χ3n) is 3.94. The van der Waals surface area contributed by atoms with E-state index >= 15 is 0 Å². The Labute approximate surface area is 138 Å². The fraction of sp³-hybridized carbons (Fsp3) is 0.412. The van der Waals surface area contributed by atoms with Crippen LogP contribution < -0.4 is 10.1 Å². The molecular weight excluding hydrogens is 346 g/mol. The Morgan fingerprint density at radius 1 is 1.43 bits per heavy atom. The van der Waals surface area contributed by atoms with E-state index in [2.05, 4.69) is 63.9 Å². The van der Waals surface area contributed by atoms with Crippen molar-refractivity contribution in [1.29, 1.82) is 0 Å². The first-order chi connectivity index (χ1) is 10.3. The van der Waals surface area contributed by atoms with Crippen molar-refractivity contribution in [1.82, 2.24) is 5.32 Å². The van der Waals surface area contributed by atoms with Crippen molar-refractivity contribution in [2.24, 2.45) is 0 Å². The van der Waals surface area contributed by atoms with Crippen LogP contribution in [0.1, 0.15) is 48.7 Å². The van der Waals surface area contributed by atoms with Crippen LogP contribution in [0.25, 0.3) is 0 Å². The summed E-state index contributed by atoms with van der Waals surface area (Å²) >= 11 is 5.37. The quantitative estimate of drug-likeness (QED) is 0.775. The molecule has 0 aliphatic carbocycles. The van der Waals surface area contributed by atoms with E-state index in [0.29, 0.717) is 12.1 Å². The highest BCUT2D eigenvalue weighted by Gasteiger charge is 2.23. The summed E-state index contributed by atoms with van der Waals surface area (Å²) in [5.74, 6) is 1.01. The van der Waals surface area contributed by atoms with Gasteiger partial charge in [-0.05, 0) is 42.8 Å². The van der Waals surface area contributed by atoms with Gasteiger partial charge in [0, 0.05) is 27.0 Å². The van der Waals surface area contributed by atoms with E-state index in [4.69, 9.17) is 4.74 Å². The number of benzene rings is 1. The lowest BCUT2D eigenvalue weighted by Gasteiger charge is -2.24. The zero-order chi connectivity index (χ0) is 14.7. The second kappa shape index (κ2) is 6.95. The standard InChI is InChI=1S/C17H20BrNOS/c1-2-14(17-6-4-10-21-17)19-15-5-3-9-20-16-11-12(18)7-8-13(15)16/h4,6-8,10-11,14-15,19H,2-3,5,9H2,1H3. The zero-order valence-corrected chi connectivity index (χ0v) is 14.5. The van der Waals surface area contributed by atoms with Gasteiger partial charge < -0.3 is 10.1 Å². The number of hydrogen-bond acceptors (Lipinski definition) is 3. The van der Waals surface area contributed by atoms with E-state index < -0.39 is 0 Å². The second-order valence-electron chi connectivity index (χ2n) is 5.37. The number of nitrogens with one attached hydrogen (secondary N) is 1. The van der Waals surface area contributed by atoms with Crippen LogP contribution in [-0.4, -0.2) is 6.61 Å². The molecule has 0 bridgehead atoms. The number of hydrogen-bond donors (Lipinski definition) is 1. The maximum absolute atomic E-state index is 5.90. The molecule has 112 valence electrons. The van der Waals surface area contributed by atoms with E-state index in [1.54, 1.807) is 0 Å². The van der Waals surface area contributed by atoms with Crippen LogP contribution in [0.5, 0.6) is 5.75 Å². The highest BCUT2D eigenvalue weighted by atomic mass is 79.9. The van der Waals surface area contributed by atoms with Gasteiger partial charge in [-0.1, -0.05) is 35.0 Å². The maximum atomic E-state index is 5.90. The molecule has 1 aliphatic heterocycles. The first kappa shape index (κ1) is 15.1. The summed E-state index contributed by atoms with van der Waals surface area (Å²) in [4.78, 5) is 1.42. The van der Waals surface area contributed by atoms with E-state index in [1.807, 2.05) is 11.3 Å². The Morgan fingerprint density at radius 2 is 2.33 bits per heavy atom. The number of rotatable bonds is 4. The van der Waals surface area contributed by atoms with Crippen LogP contribution in [0.2, 0.25) is 0 Å². The molecule has 2 heterocycles. The highest BCUT2D eigenvalue weighted by Crippen LogP contribution is 2.36. The highest BCUT2D eigenvalue weighted by molar-refractivity contribution is 9.10. The fourth-order valence-corrected chi connectivity index (χ4v) is 4.06. The molecule has 2 atom stereocenters. The van der Waals surface area contributed by atoms with Crippen molar-refractivity contribution in [3.63, 3.8) is 0 Å². The van der Waals surface area contributed by atoms with Gasteiger partial charge in [0.1, 0.15) is 5.75 Å². The molecule has 0 saturated heterocycles. The predicted octanol–water partition coefficient (Wildman–Crippen LogP) is 5.47. The third-order valence-corrected chi connectivity index (χ3v) is 5.42.